The normalized spacial score (nSPS) is 20.8. The summed E-state index contributed by atoms with van der Waals surface area (Å²) in [5, 5.41) is 4.05. The lowest BCUT2D eigenvalue weighted by atomic mass is 9.79. The van der Waals surface area contributed by atoms with E-state index in [1.54, 1.807) is 11.3 Å². The van der Waals surface area contributed by atoms with E-state index in [0.717, 1.165) is 36.2 Å². The summed E-state index contributed by atoms with van der Waals surface area (Å²) >= 11 is 1.70. The van der Waals surface area contributed by atoms with Gasteiger partial charge in [0.2, 0.25) is 11.8 Å². The van der Waals surface area contributed by atoms with Gasteiger partial charge in [-0.25, -0.2) is 4.98 Å². The van der Waals surface area contributed by atoms with E-state index in [1.807, 2.05) is 18.2 Å². The third-order valence-electron chi connectivity index (χ3n) is 4.63. The first-order chi connectivity index (χ1) is 11.6. The van der Waals surface area contributed by atoms with Crippen LogP contribution in [0.2, 0.25) is 0 Å². The standard InChI is InChI=1S/C18H23N3O2S/c19-16(22)10-5-11-20-17(23)12-6-1-2-7-13(12)18-21-14-8-3-4-9-15(14)24-18/h3-4,8-9,12-13H,1-2,5-7,10-11H2,(H2,19,22)(H,20,23). The van der Waals surface area contributed by atoms with Gasteiger partial charge in [-0.1, -0.05) is 25.0 Å². The van der Waals surface area contributed by atoms with Gasteiger partial charge in [-0.15, -0.1) is 11.3 Å². The lowest BCUT2D eigenvalue weighted by molar-refractivity contribution is -0.126. The first-order valence-electron chi connectivity index (χ1n) is 8.56. The van der Waals surface area contributed by atoms with Crippen molar-refractivity contribution in [2.75, 3.05) is 6.54 Å². The van der Waals surface area contributed by atoms with E-state index < -0.39 is 0 Å². The van der Waals surface area contributed by atoms with Crippen LogP contribution in [-0.4, -0.2) is 23.3 Å². The van der Waals surface area contributed by atoms with Crippen molar-refractivity contribution in [2.24, 2.45) is 11.7 Å². The predicted octanol–water partition coefficient (Wildman–Crippen LogP) is 2.95. The predicted molar refractivity (Wildman–Crippen MR) is 95.8 cm³/mol. The average Bonchev–Trinajstić information content (AvgIpc) is 3.02. The smallest absolute Gasteiger partial charge is 0.223 e. The van der Waals surface area contributed by atoms with E-state index in [0.29, 0.717) is 19.4 Å². The molecule has 1 fully saturated rings. The Morgan fingerprint density at radius 1 is 1.25 bits per heavy atom. The highest BCUT2D eigenvalue weighted by atomic mass is 32.1. The fourth-order valence-corrected chi connectivity index (χ4v) is 4.56. The third kappa shape index (κ3) is 3.93. The number of aromatic nitrogens is 1. The largest absolute Gasteiger partial charge is 0.370 e. The molecule has 2 aromatic rings. The number of nitrogens with one attached hydrogen (secondary N) is 1. The minimum atomic E-state index is -0.325. The Kier molecular flexibility index (Phi) is 5.45. The molecular formula is C18H23N3O2S. The van der Waals surface area contributed by atoms with Gasteiger partial charge in [-0.3, -0.25) is 9.59 Å². The van der Waals surface area contributed by atoms with Gasteiger partial charge in [-0.05, 0) is 31.4 Å². The van der Waals surface area contributed by atoms with Crippen LogP contribution in [0.1, 0.15) is 49.5 Å². The van der Waals surface area contributed by atoms with Crippen molar-refractivity contribution in [3.05, 3.63) is 29.3 Å². The number of fused-ring (bicyclic) bond motifs is 1. The van der Waals surface area contributed by atoms with E-state index in [1.165, 1.54) is 4.70 Å². The molecule has 2 unspecified atom stereocenters. The van der Waals surface area contributed by atoms with Crippen molar-refractivity contribution >= 4 is 33.4 Å². The summed E-state index contributed by atoms with van der Waals surface area (Å²) in [7, 11) is 0. The number of para-hydroxylation sites is 1. The number of carbonyl (C=O) groups excluding carboxylic acids is 2. The van der Waals surface area contributed by atoms with Crippen molar-refractivity contribution in [3.63, 3.8) is 0 Å². The molecular weight excluding hydrogens is 322 g/mol. The minimum Gasteiger partial charge on any atom is -0.370 e. The molecule has 0 aliphatic heterocycles. The molecule has 1 saturated carbocycles. The number of carbonyl (C=O) groups is 2. The van der Waals surface area contributed by atoms with Gasteiger partial charge < -0.3 is 11.1 Å². The van der Waals surface area contributed by atoms with Crippen LogP contribution in [-0.2, 0) is 9.59 Å². The molecule has 0 radical (unpaired) electrons. The second-order valence-corrected chi connectivity index (χ2v) is 7.44. The first kappa shape index (κ1) is 16.9. The lowest BCUT2D eigenvalue weighted by Gasteiger charge is -2.29. The van der Waals surface area contributed by atoms with Gasteiger partial charge in [-0.2, -0.15) is 0 Å². The molecule has 24 heavy (non-hydrogen) atoms. The Morgan fingerprint density at radius 2 is 2.04 bits per heavy atom. The molecule has 1 aliphatic carbocycles. The topological polar surface area (TPSA) is 85.1 Å². The number of nitrogens with two attached hydrogens (primary N) is 1. The van der Waals surface area contributed by atoms with Crippen LogP contribution in [0.4, 0.5) is 0 Å². The Hall–Kier alpha value is -1.95. The Balaban J connectivity index is 1.68. The van der Waals surface area contributed by atoms with Crippen LogP contribution < -0.4 is 11.1 Å². The van der Waals surface area contributed by atoms with Gasteiger partial charge in [0, 0.05) is 24.8 Å². The molecule has 1 heterocycles. The van der Waals surface area contributed by atoms with Crippen LogP contribution in [0.25, 0.3) is 10.2 Å². The molecule has 6 heteroatoms. The molecule has 0 bridgehead atoms. The van der Waals surface area contributed by atoms with Crippen molar-refractivity contribution in [3.8, 4) is 0 Å². The average molecular weight is 345 g/mol. The second kappa shape index (κ2) is 7.75. The number of hydrogen-bond donors (Lipinski definition) is 2. The maximum absolute atomic E-state index is 12.6. The van der Waals surface area contributed by atoms with Crippen LogP contribution >= 0.6 is 11.3 Å². The number of benzene rings is 1. The molecule has 0 spiro atoms. The van der Waals surface area contributed by atoms with Gasteiger partial charge >= 0.3 is 0 Å². The number of amides is 2. The molecule has 1 aromatic heterocycles. The SMILES string of the molecule is NC(=O)CCCNC(=O)C1CCCCC1c1nc2ccccc2s1. The number of hydrogen-bond acceptors (Lipinski definition) is 4. The van der Waals surface area contributed by atoms with Gasteiger partial charge in [0.15, 0.2) is 0 Å². The van der Waals surface area contributed by atoms with Crippen molar-refractivity contribution in [2.45, 2.75) is 44.4 Å². The maximum atomic E-state index is 12.6. The van der Waals surface area contributed by atoms with Crippen molar-refractivity contribution in [1.29, 1.82) is 0 Å². The number of thiazole rings is 1. The number of primary amides is 1. The Bertz CT molecular complexity index is 695. The summed E-state index contributed by atoms with van der Waals surface area (Å²) in [6, 6.07) is 8.12. The fourth-order valence-electron chi connectivity index (χ4n) is 3.39. The van der Waals surface area contributed by atoms with E-state index in [9.17, 15) is 9.59 Å². The second-order valence-electron chi connectivity index (χ2n) is 6.38. The Labute approximate surface area is 145 Å². The maximum Gasteiger partial charge on any atom is 0.223 e. The van der Waals surface area contributed by atoms with Gasteiger partial charge in [0.1, 0.15) is 0 Å². The molecule has 2 amide bonds. The van der Waals surface area contributed by atoms with Gasteiger partial charge in [0.25, 0.3) is 0 Å². The highest BCUT2D eigenvalue weighted by molar-refractivity contribution is 7.18. The van der Waals surface area contributed by atoms with E-state index in [2.05, 4.69) is 11.4 Å². The monoisotopic (exact) mass is 345 g/mol. The molecule has 128 valence electrons. The zero-order chi connectivity index (χ0) is 16.9. The molecule has 5 nitrogen and oxygen atoms in total. The van der Waals surface area contributed by atoms with Crippen LogP contribution in [0, 0.1) is 5.92 Å². The zero-order valence-electron chi connectivity index (χ0n) is 13.7. The first-order valence-corrected chi connectivity index (χ1v) is 9.38. The summed E-state index contributed by atoms with van der Waals surface area (Å²) in [6.07, 6.45) is 5.06. The molecule has 3 rings (SSSR count). The highest BCUT2D eigenvalue weighted by Crippen LogP contribution is 2.40. The summed E-state index contributed by atoms with van der Waals surface area (Å²) in [6.45, 7) is 0.505. The minimum absolute atomic E-state index is 0.0205. The van der Waals surface area contributed by atoms with Crippen LogP contribution in [0.5, 0.6) is 0 Å². The summed E-state index contributed by atoms with van der Waals surface area (Å²) in [5.41, 5.74) is 6.15. The van der Waals surface area contributed by atoms with E-state index >= 15 is 0 Å². The molecule has 2 atom stereocenters. The fraction of sp³-hybridized carbons (Fsp3) is 0.500. The summed E-state index contributed by atoms with van der Waals surface area (Å²) in [4.78, 5) is 28.1. The number of rotatable bonds is 6. The summed E-state index contributed by atoms with van der Waals surface area (Å²) in [5.74, 6) is -0.0575. The summed E-state index contributed by atoms with van der Waals surface area (Å²) < 4.78 is 1.18. The van der Waals surface area contributed by atoms with Crippen LogP contribution in [0.15, 0.2) is 24.3 Å². The molecule has 0 saturated heterocycles. The highest BCUT2D eigenvalue weighted by Gasteiger charge is 2.33. The Morgan fingerprint density at radius 3 is 2.83 bits per heavy atom. The quantitative estimate of drug-likeness (QED) is 0.789. The van der Waals surface area contributed by atoms with Crippen molar-refractivity contribution < 1.29 is 9.59 Å². The molecule has 1 aliphatic rings. The molecule has 3 N–H and O–H groups in total. The molecule has 1 aromatic carbocycles. The van der Waals surface area contributed by atoms with Gasteiger partial charge in [0.05, 0.1) is 15.2 Å². The van der Waals surface area contributed by atoms with E-state index in [-0.39, 0.29) is 23.7 Å². The lowest BCUT2D eigenvalue weighted by Crippen LogP contribution is -2.36. The van der Waals surface area contributed by atoms with Crippen LogP contribution in [0.3, 0.4) is 0 Å². The van der Waals surface area contributed by atoms with E-state index in [4.69, 9.17) is 10.7 Å². The number of nitrogens with zero attached hydrogens (tertiary/aromatic N) is 1. The third-order valence-corrected chi connectivity index (χ3v) is 5.80. The van der Waals surface area contributed by atoms with Crippen molar-refractivity contribution in [1.82, 2.24) is 10.3 Å². The zero-order valence-corrected chi connectivity index (χ0v) is 14.5.